The third-order valence-corrected chi connectivity index (χ3v) is 7.55. The second kappa shape index (κ2) is 10.2. The van der Waals surface area contributed by atoms with Crippen LogP contribution >= 0.6 is 22.7 Å². The molecule has 1 fully saturated rings. The van der Waals surface area contributed by atoms with Crippen LogP contribution in [0.3, 0.4) is 0 Å². The fraction of sp³-hybridized carbons (Fsp3) is 0.320. The summed E-state index contributed by atoms with van der Waals surface area (Å²) in [5.41, 5.74) is 1.18. The van der Waals surface area contributed by atoms with Gasteiger partial charge in [0.1, 0.15) is 6.04 Å². The Kier molecular flexibility index (Phi) is 7.17. The van der Waals surface area contributed by atoms with E-state index in [1.54, 1.807) is 29.2 Å². The van der Waals surface area contributed by atoms with Crippen LogP contribution in [0.5, 0.6) is 0 Å². The van der Waals surface area contributed by atoms with E-state index in [1.165, 1.54) is 29.6 Å². The van der Waals surface area contributed by atoms with Gasteiger partial charge in [0.2, 0.25) is 11.8 Å². The normalized spacial score (nSPS) is 14.8. The highest BCUT2D eigenvalue weighted by molar-refractivity contribution is 7.10. The maximum Gasteiger partial charge on any atom is 0.248 e. The zero-order chi connectivity index (χ0) is 22.5. The van der Waals surface area contributed by atoms with E-state index in [-0.39, 0.29) is 30.1 Å². The summed E-state index contributed by atoms with van der Waals surface area (Å²) in [6.45, 7) is 1.51. The average molecular weight is 467 g/mol. The van der Waals surface area contributed by atoms with Gasteiger partial charge in [-0.15, -0.1) is 22.7 Å². The Bertz CT molecular complexity index is 1050. The molecule has 1 atom stereocenters. The molecule has 3 aromatic rings. The van der Waals surface area contributed by atoms with E-state index in [2.05, 4.69) is 5.32 Å². The second-order valence-corrected chi connectivity index (χ2v) is 10.0. The molecule has 1 aliphatic carbocycles. The molecule has 1 aliphatic rings. The summed E-state index contributed by atoms with van der Waals surface area (Å²) in [4.78, 5) is 42.3. The Hall–Kier alpha value is -2.77. The molecule has 4 rings (SSSR count). The van der Waals surface area contributed by atoms with Gasteiger partial charge in [0.05, 0.1) is 6.42 Å². The van der Waals surface area contributed by atoms with E-state index in [0.717, 1.165) is 35.4 Å². The van der Waals surface area contributed by atoms with Crippen LogP contribution in [-0.4, -0.2) is 23.6 Å². The Morgan fingerprint density at radius 2 is 1.69 bits per heavy atom. The number of hydrogen-bond acceptors (Lipinski definition) is 5. The highest BCUT2D eigenvalue weighted by Crippen LogP contribution is 2.32. The molecule has 1 unspecified atom stereocenters. The minimum atomic E-state index is -0.758. The van der Waals surface area contributed by atoms with E-state index in [9.17, 15) is 14.4 Å². The predicted molar refractivity (Wildman–Crippen MR) is 129 cm³/mol. The van der Waals surface area contributed by atoms with E-state index in [0.29, 0.717) is 11.3 Å². The number of nitrogens with one attached hydrogen (secondary N) is 1. The van der Waals surface area contributed by atoms with Crippen LogP contribution in [0, 0.1) is 0 Å². The number of hydrogen-bond donors (Lipinski definition) is 1. The van der Waals surface area contributed by atoms with Crippen LogP contribution in [0.25, 0.3) is 0 Å². The second-order valence-electron chi connectivity index (χ2n) is 8.03. The molecule has 2 heterocycles. The molecule has 32 heavy (non-hydrogen) atoms. The summed E-state index contributed by atoms with van der Waals surface area (Å²) >= 11 is 2.99. The maximum atomic E-state index is 13.6. The molecule has 0 radical (unpaired) electrons. The Labute approximate surface area is 196 Å². The Balaban J connectivity index is 1.72. The van der Waals surface area contributed by atoms with E-state index >= 15 is 0 Å². The first-order chi connectivity index (χ1) is 15.5. The van der Waals surface area contributed by atoms with Crippen LogP contribution in [0.1, 0.15) is 58.8 Å². The van der Waals surface area contributed by atoms with Crippen molar-refractivity contribution in [3.63, 3.8) is 0 Å². The molecule has 7 heteroatoms. The highest BCUT2D eigenvalue weighted by atomic mass is 32.1. The van der Waals surface area contributed by atoms with Gasteiger partial charge in [0, 0.05) is 27.0 Å². The molecule has 1 N–H and O–H groups in total. The number of carbonyl (C=O) groups excluding carboxylic acids is 3. The Morgan fingerprint density at radius 1 is 1.00 bits per heavy atom. The van der Waals surface area contributed by atoms with Gasteiger partial charge in [-0.2, -0.15) is 0 Å². The SMILES string of the molecule is CC(=O)c1ccc(N(C(=O)Cc2cccs2)C(C(=O)NC2CCCC2)c2cccs2)cc1. The number of nitrogens with zero attached hydrogens (tertiary/aromatic N) is 1. The molecule has 5 nitrogen and oxygen atoms in total. The molecule has 1 saturated carbocycles. The number of benzene rings is 1. The van der Waals surface area contributed by atoms with Crippen LogP contribution in [0.15, 0.2) is 59.3 Å². The van der Waals surface area contributed by atoms with Gasteiger partial charge in [-0.05, 0) is 66.9 Å². The van der Waals surface area contributed by atoms with E-state index in [1.807, 2.05) is 35.0 Å². The zero-order valence-corrected chi connectivity index (χ0v) is 19.6. The van der Waals surface area contributed by atoms with Gasteiger partial charge in [0.25, 0.3) is 0 Å². The lowest BCUT2D eigenvalue weighted by atomic mass is 10.1. The lowest BCUT2D eigenvalue weighted by Crippen LogP contribution is -2.46. The first-order valence-corrected chi connectivity index (χ1v) is 12.6. The van der Waals surface area contributed by atoms with Crippen molar-refractivity contribution in [1.82, 2.24) is 5.32 Å². The smallest absolute Gasteiger partial charge is 0.248 e. The topological polar surface area (TPSA) is 66.5 Å². The van der Waals surface area contributed by atoms with Crippen LogP contribution in [-0.2, 0) is 16.0 Å². The fourth-order valence-electron chi connectivity index (χ4n) is 4.11. The Morgan fingerprint density at radius 3 is 2.28 bits per heavy atom. The minimum absolute atomic E-state index is 0.0400. The van der Waals surface area contributed by atoms with Gasteiger partial charge in [-0.3, -0.25) is 19.3 Å². The molecule has 166 valence electrons. The molecule has 0 bridgehead atoms. The maximum absolute atomic E-state index is 13.6. The third-order valence-electron chi connectivity index (χ3n) is 5.75. The zero-order valence-electron chi connectivity index (χ0n) is 18.0. The molecular weight excluding hydrogens is 440 g/mol. The van der Waals surface area contributed by atoms with E-state index < -0.39 is 6.04 Å². The number of anilines is 1. The van der Waals surface area contributed by atoms with Crippen molar-refractivity contribution in [1.29, 1.82) is 0 Å². The largest absolute Gasteiger partial charge is 0.351 e. The van der Waals surface area contributed by atoms with Gasteiger partial charge in [-0.1, -0.05) is 25.0 Å². The molecule has 0 spiro atoms. The number of rotatable bonds is 8. The summed E-state index contributed by atoms with van der Waals surface area (Å²) in [5, 5.41) is 7.05. The van der Waals surface area contributed by atoms with Crippen LogP contribution in [0.4, 0.5) is 5.69 Å². The number of amides is 2. The average Bonchev–Trinajstić information content (AvgIpc) is 3.55. The minimum Gasteiger partial charge on any atom is -0.351 e. The molecule has 2 amide bonds. The van der Waals surface area contributed by atoms with Crippen molar-refractivity contribution in [2.45, 2.75) is 51.1 Å². The van der Waals surface area contributed by atoms with Crippen molar-refractivity contribution in [2.24, 2.45) is 0 Å². The lowest BCUT2D eigenvalue weighted by molar-refractivity contribution is -0.126. The quantitative estimate of drug-likeness (QED) is 0.453. The van der Waals surface area contributed by atoms with Crippen molar-refractivity contribution < 1.29 is 14.4 Å². The third kappa shape index (κ3) is 5.16. The monoisotopic (exact) mass is 466 g/mol. The van der Waals surface area contributed by atoms with Gasteiger partial charge in [-0.25, -0.2) is 0 Å². The molecular formula is C25H26N2O3S2. The number of thiophene rings is 2. The molecule has 0 aliphatic heterocycles. The van der Waals surface area contributed by atoms with Crippen molar-refractivity contribution >= 4 is 46.0 Å². The van der Waals surface area contributed by atoms with Crippen LogP contribution < -0.4 is 10.2 Å². The predicted octanol–water partition coefficient (Wildman–Crippen LogP) is 5.39. The summed E-state index contributed by atoms with van der Waals surface area (Å²) in [6, 6.07) is 14.0. The number of carbonyl (C=O) groups is 3. The van der Waals surface area contributed by atoms with Crippen LogP contribution in [0.2, 0.25) is 0 Å². The molecule has 0 saturated heterocycles. The summed E-state index contributed by atoms with van der Waals surface area (Å²) in [6.07, 6.45) is 4.38. The number of Topliss-reactive ketones (excluding diaryl/α,β-unsaturated/α-hetero) is 1. The van der Waals surface area contributed by atoms with Crippen molar-refractivity contribution in [3.8, 4) is 0 Å². The van der Waals surface area contributed by atoms with Gasteiger partial charge in [0.15, 0.2) is 5.78 Å². The van der Waals surface area contributed by atoms with Gasteiger partial charge >= 0.3 is 0 Å². The molecule has 1 aromatic carbocycles. The first kappa shape index (κ1) is 22.4. The number of ketones is 1. The van der Waals surface area contributed by atoms with Crippen molar-refractivity contribution in [3.05, 3.63) is 74.6 Å². The van der Waals surface area contributed by atoms with Crippen molar-refractivity contribution in [2.75, 3.05) is 4.90 Å². The van der Waals surface area contributed by atoms with Gasteiger partial charge < -0.3 is 5.32 Å². The fourth-order valence-corrected chi connectivity index (χ4v) is 5.62. The summed E-state index contributed by atoms with van der Waals surface area (Å²) < 4.78 is 0. The summed E-state index contributed by atoms with van der Waals surface area (Å²) in [7, 11) is 0. The molecule has 2 aromatic heterocycles. The standard InChI is InChI=1S/C25H26N2O3S2/c1-17(28)18-10-12-20(13-11-18)27(23(29)16-21-8-4-14-31-21)24(22-9-5-15-32-22)25(30)26-19-6-2-3-7-19/h4-5,8-15,19,24H,2-3,6-7,16H2,1H3,(H,26,30). The highest BCUT2D eigenvalue weighted by Gasteiger charge is 2.35. The lowest BCUT2D eigenvalue weighted by Gasteiger charge is -2.31. The first-order valence-electron chi connectivity index (χ1n) is 10.8. The summed E-state index contributed by atoms with van der Waals surface area (Å²) in [5.74, 6) is -0.348. The van der Waals surface area contributed by atoms with E-state index in [4.69, 9.17) is 0 Å².